The first-order chi connectivity index (χ1) is 17.7. The van der Waals surface area contributed by atoms with Crippen LogP contribution < -0.4 is 0 Å². The van der Waals surface area contributed by atoms with Crippen LogP contribution in [0.3, 0.4) is 0 Å². The van der Waals surface area contributed by atoms with Crippen molar-refractivity contribution in [1.29, 1.82) is 0 Å². The monoisotopic (exact) mass is 494 g/mol. The van der Waals surface area contributed by atoms with Gasteiger partial charge in [-0.15, -0.1) is 11.3 Å². The standard InChI is InChI=1S/C31H30N2O2S/c1-2-35-31(34)27-22-33(20-23-12-6-3-7-13-23)21-26(27)30-28(18-19-36-30)32-29(24-14-8-4-9-15-24)25-16-10-5-11-17-25/h3-19,26-27H,2,20-22H2,1H3/t26-,27+/m0/s1. The maximum atomic E-state index is 13.0. The molecule has 0 bridgehead atoms. The average Bonchev–Trinajstić information content (AvgIpc) is 3.56. The fourth-order valence-electron chi connectivity index (χ4n) is 4.90. The molecule has 0 spiro atoms. The Morgan fingerprint density at radius 2 is 1.50 bits per heavy atom. The Morgan fingerprint density at radius 1 is 0.889 bits per heavy atom. The Hall–Kier alpha value is -3.54. The van der Waals surface area contributed by atoms with Crippen LogP contribution >= 0.6 is 11.3 Å². The molecule has 1 fully saturated rings. The van der Waals surface area contributed by atoms with E-state index in [1.165, 1.54) is 5.56 Å². The largest absolute Gasteiger partial charge is 0.466 e. The van der Waals surface area contributed by atoms with E-state index >= 15 is 0 Å². The number of hydrogen-bond acceptors (Lipinski definition) is 5. The van der Waals surface area contributed by atoms with Crippen LogP contribution in [0.1, 0.15) is 34.4 Å². The number of likely N-dealkylation sites (tertiary alicyclic amines) is 1. The van der Waals surface area contributed by atoms with Gasteiger partial charge in [-0.05, 0) is 23.9 Å². The lowest BCUT2D eigenvalue weighted by molar-refractivity contribution is -0.148. The number of ether oxygens (including phenoxy) is 1. The molecule has 2 heterocycles. The minimum absolute atomic E-state index is 0.0410. The molecule has 0 amide bonds. The minimum atomic E-state index is -0.210. The summed E-state index contributed by atoms with van der Waals surface area (Å²) in [4.78, 5) is 21.8. The number of benzene rings is 3. The zero-order valence-electron chi connectivity index (χ0n) is 20.4. The van der Waals surface area contributed by atoms with E-state index < -0.39 is 0 Å². The van der Waals surface area contributed by atoms with Crippen molar-refractivity contribution in [3.05, 3.63) is 124 Å². The smallest absolute Gasteiger partial charge is 0.310 e. The number of carbonyl (C=O) groups excluding carboxylic acids is 1. The Morgan fingerprint density at radius 3 is 2.11 bits per heavy atom. The molecule has 3 aromatic carbocycles. The molecule has 2 atom stereocenters. The fourth-order valence-corrected chi connectivity index (χ4v) is 5.89. The molecule has 0 saturated carbocycles. The second-order valence-electron chi connectivity index (χ2n) is 9.01. The first-order valence-electron chi connectivity index (χ1n) is 12.4. The predicted octanol–water partition coefficient (Wildman–Crippen LogP) is 6.70. The van der Waals surface area contributed by atoms with Gasteiger partial charge in [0.05, 0.1) is 23.9 Å². The molecule has 4 nitrogen and oxygen atoms in total. The minimum Gasteiger partial charge on any atom is -0.466 e. The van der Waals surface area contributed by atoms with Gasteiger partial charge in [0.15, 0.2) is 0 Å². The Balaban J connectivity index is 1.50. The summed E-state index contributed by atoms with van der Waals surface area (Å²) in [6.07, 6.45) is 0. The number of rotatable bonds is 8. The molecular formula is C31H30N2O2S. The van der Waals surface area contributed by atoms with Gasteiger partial charge < -0.3 is 4.74 Å². The van der Waals surface area contributed by atoms with Gasteiger partial charge in [-0.1, -0.05) is 91.0 Å². The summed E-state index contributed by atoms with van der Waals surface area (Å²) in [7, 11) is 0. The highest BCUT2D eigenvalue weighted by atomic mass is 32.1. The normalized spacial score (nSPS) is 17.6. The van der Waals surface area contributed by atoms with Gasteiger partial charge in [-0.25, -0.2) is 4.99 Å². The molecule has 182 valence electrons. The van der Waals surface area contributed by atoms with Crippen molar-refractivity contribution >= 4 is 28.7 Å². The van der Waals surface area contributed by atoms with Crippen LogP contribution in [-0.4, -0.2) is 36.3 Å². The van der Waals surface area contributed by atoms with E-state index in [9.17, 15) is 4.79 Å². The van der Waals surface area contributed by atoms with Gasteiger partial charge in [0.2, 0.25) is 0 Å². The molecule has 1 aliphatic heterocycles. The molecule has 0 unspecified atom stereocenters. The lowest BCUT2D eigenvalue weighted by atomic mass is 9.93. The van der Waals surface area contributed by atoms with E-state index in [0.29, 0.717) is 13.2 Å². The Bertz CT molecular complexity index is 1260. The molecule has 0 aliphatic carbocycles. The van der Waals surface area contributed by atoms with Crippen LogP contribution in [0.2, 0.25) is 0 Å². The van der Waals surface area contributed by atoms with Crippen LogP contribution in [0.25, 0.3) is 0 Å². The van der Waals surface area contributed by atoms with E-state index in [2.05, 4.69) is 64.9 Å². The first kappa shape index (κ1) is 24.2. The highest BCUT2D eigenvalue weighted by molar-refractivity contribution is 7.10. The van der Waals surface area contributed by atoms with Gasteiger partial charge in [0.1, 0.15) is 0 Å². The Kier molecular flexibility index (Phi) is 7.70. The predicted molar refractivity (Wildman–Crippen MR) is 147 cm³/mol. The second kappa shape index (κ2) is 11.5. The first-order valence-corrected chi connectivity index (χ1v) is 13.3. The van der Waals surface area contributed by atoms with E-state index in [1.807, 2.05) is 49.4 Å². The van der Waals surface area contributed by atoms with Gasteiger partial charge in [-0.2, -0.15) is 0 Å². The van der Waals surface area contributed by atoms with E-state index in [1.54, 1.807) is 11.3 Å². The van der Waals surface area contributed by atoms with Gasteiger partial charge in [0, 0.05) is 41.6 Å². The van der Waals surface area contributed by atoms with Crippen molar-refractivity contribution in [1.82, 2.24) is 4.90 Å². The number of hydrogen-bond donors (Lipinski definition) is 0. The third-order valence-electron chi connectivity index (χ3n) is 6.57. The van der Waals surface area contributed by atoms with Crippen molar-refractivity contribution in [2.75, 3.05) is 19.7 Å². The summed E-state index contributed by atoms with van der Waals surface area (Å²) < 4.78 is 5.52. The summed E-state index contributed by atoms with van der Waals surface area (Å²) >= 11 is 1.69. The third-order valence-corrected chi connectivity index (χ3v) is 7.61. The molecule has 1 saturated heterocycles. The van der Waals surface area contributed by atoms with Crippen LogP contribution in [0.5, 0.6) is 0 Å². The summed E-state index contributed by atoms with van der Waals surface area (Å²) in [6, 6.07) is 33.1. The van der Waals surface area contributed by atoms with Crippen molar-refractivity contribution in [3.8, 4) is 0 Å². The maximum Gasteiger partial charge on any atom is 0.310 e. The van der Waals surface area contributed by atoms with Gasteiger partial charge in [-0.3, -0.25) is 9.69 Å². The molecule has 1 aliphatic rings. The van der Waals surface area contributed by atoms with Crippen LogP contribution in [0, 0.1) is 5.92 Å². The zero-order chi connectivity index (χ0) is 24.7. The van der Waals surface area contributed by atoms with E-state index in [0.717, 1.165) is 40.5 Å². The molecule has 0 N–H and O–H groups in total. The summed E-state index contributed by atoms with van der Waals surface area (Å²) in [6.45, 7) is 4.56. The van der Waals surface area contributed by atoms with Crippen molar-refractivity contribution in [3.63, 3.8) is 0 Å². The van der Waals surface area contributed by atoms with E-state index in [-0.39, 0.29) is 17.8 Å². The molecule has 5 rings (SSSR count). The molecule has 36 heavy (non-hydrogen) atoms. The van der Waals surface area contributed by atoms with Gasteiger partial charge >= 0.3 is 5.97 Å². The number of carbonyl (C=O) groups is 1. The maximum absolute atomic E-state index is 13.0. The third kappa shape index (κ3) is 5.48. The SMILES string of the molecule is CCOC(=O)[C@@H]1CN(Cc2ccccc2)C[C@@H]1c1sccc1N=C(c1ccccc1)c1ccccc1. The molecule has 0 radical (unpaired) electrons. The Labute approximate surface area is 216 Å². The van der Waals surface area contributed by atoms with Crippen molar-refractivity contribution in [2.24, 2.45) is 10.9 Å². The van der Waals surface area contributed by atoms with E-state index in [4.69, 9.17) is 9.73 Å². The quantitative estimate of drug-likeness (QED) is 0.202. The number of thiophene rings is 1. The van der Waals surface area contributed by atoms with Crippen LogP contribution in [0.4, 0.5) is 5.69 Å². The average molecular weight is 495 g/mol. The van der Waals surface area contributed by atoms with Crippen molar-refractivity contribution < 1.29 is 9.53 Å². The number of nitrogens with zero attached hydrogens (tertiary/aromatic N) is 2. The molecule has 1 aromatic heterocycles. The van der Waals surface area contributed by atoms with Crippen LogP contribution in [0.15, 0.2) is 107 Å². The molecule has 5 heteroatoms. The summed E-state index contributed by atoms with van der Waals surface area (Å²) in [5.41, 5.74) is 5.26. The highest BCUT2D eigenvalue weighted by Gasteiger charge is 2.41. The van der Waals surface area contributed by atoms with Crippen LogP contribution in [-0.2, 0) is 16.1 Å². The number of esters is 1. The van der Waals surface area contributed by atoms with Gasteiger partial charge in [0.25, 0.3) is 0 Å². The number of aliphatic imine (C=N–C) groups is 1. The molecule has 4 aromatic rings. The lowest BCUT2D eigenvalue weighted by Gasteiger charge is -2.17. The zero-order valence-corrected chi connectivity index (χ0v) is 21.2. The fraction of sp³-hybridized carbons (Fsp3) is 0.226. The second-order valence-corrected chi connectivity index (χ2v) is 9.95. The summed E-state index contributed by atoms with van der Waals surface area (Å²) in [5, 5.41) is 2.09. The lowest BCUT2D eigenvalue weighted by Crippen LogP contribution is -2.25. The topological polar surface area (TPSA) is 41.9 Å². The molecular weight excluding hydrogens is 464 g/mol. The highest BCUT2D eigenvalue weighted by Crippen LogP contribution is 2.42. The summed E-state index contributed by atoms with van der Waals surface area (Å²) in [5.74, 6) is -0.287. The van der Waals surface area contributed by atoms with Crippen molar-refractivity contribution in [2.45, 2.75) is 19.4 Å².